The van der Waals surface area contributed by atoms with Crippen molar-refractivity contribution < 1.29 is 30.0 Å². The number of hydrogen-bond acceptors (Lipinski definition) is 5. The van der Waals surface area contributed by atoms with Gasteiger partial charge in [0, 0.05) is 29.3 Å². The van der Waals surface area contributed by atoms with Crippen LogP contribution in [0.1, 0.15) is 69.3 Å². The standard InChI is InChI=1S/C30H35NO6/c1-18(2)8-5-9-19(3)10-7-13-30(4)26(33)16-23-25(32)15-22-24(27(23)37-30)17-31(28(22)34)21-12-6-11-20(14-21)29(35)36/h6,8,10-12,14-15,17,26,32-34H,5,7,9,13,16H2,1-4H3,(H,35,36)/t26-,30-/m0/s1. The zero-order valence-corrected chi connectivity index (χ0v) is 21.8. The predicted molar refractivity (Wildman–Crippen MR) is 144 cm³/mol. The lowest BCUT2D eigenvalue weighted by Crippen LogP contribution is -2.48. The van der Waals surface area contributed by atoms with Crippen molar-refractivity contribution in [1.29, 1.82) is 0 Å². The normalized spacial score (nSPS) is 19.4. The van der Waals surface area contributed by atoms with Crippen molar-refractivity contribution in [3.05, 3.63) is 71.0 Å². The molecule has 3 aromatic rings. The van der Waals surface area contributed by atoms with Gasteiger partial charge in [-0.15, -0.1) is 0 Å². The lowest BCUT2D eigenvalue weighted by Gasteiger charge is -2.40. The summed E-state index contributed by atoms with van der Waals surface area (Å²) in [5.74, 6) is -0.842. The van der Waals surface area contributed by atoms with Gasteiger partial charge in [0.05, 0.1) is 17.1 Å². The van der Waals surface area contributed by atoms with E-state index in [1.165, 1.54) is 33.9 Å². The predicted octanol–water partition coefficient (Wildman–Crippen LogP) is 6.27. The van der Waals surface area contributed by atoms with Crippen molar-refractivity contribution in [1.82, 2.24) is 4.57 Å². The molecule has 0 fully saturated rings. The lowest BCUT2D eigenvalue weighted by molar-refractivity contribution is -0.0581. The van der Waals surface area contributed by atoms with Crippen LogP contribution in [0.15, 0.2) is 59.8 Å². The number of phenolic OH excluding ortho intramolecular Hbond substituents is 1. The largest absolute Gasteiger partial charge is 0.508 e. The molecule has 0 aliphatic carbocycles. The smallest absolute Gasteiger partial charge is 0.335 e. The van der Waals surface area contributed by atoms with Gasteiger partial charge in [-0.25, -0.2) is 4.79 Å². The number of ether oxygens (including phenoxy) is 1. The molecule has 0 saturated heterocycles. The monoisotopic (exact) mass is 505 g/mol. The first-order valence-corrected chi connectivity index (χ1v) is 12.6. The zero-order valence-electron chi connectivity index (χ0n) is 21.8. The Morgan fingerprint density at radius 2 is 1.89 bits per heavy atom. The summed E-state index contributed by atoms with van der Waals surface area (Å²) in [5.41, 5.74) is 2.76. The number of aliphatic hydroxyl groups excluding tert-OH is 1. The van der Waals surface area contributed by atoms with Crippen molar-refractivity contribution in [2.45, 2.75) is 71.5 Å². The summed E-state index contributed by atoms with van der Waals surface area (Å²) in [6.07, 6.45) is 8.79. The number of aliphatic hydroxyl groups is 1. The lowest BCUT2D eigenvalue weighted by atomic mass is 9.84. The van der Waals surface area contributed by atoms with Gasteiger partial charge in [-0.05, 0) is 77.6 Å². The van der Waals surface area contributed by atoms with Crippen molar-refractivity contribution in [3.8, 4) is 23.1 Å². The fraction of sp³-hybridized carbons (Fsp3) is 0.367. The van der Waals surface area contributed by atoms with Crippen LogP contribution in [0.5, 0.6) is 17.4 Å². The third kappa shape index (κ3) is 5.37. The highest BCUT2D eigenvalue weighted by Crippen LogP contribution is 2.47. The minimum atomic E-state index is -1.07. The number of hydrogen-bond donors (Lipinski definition) is 4. The van der Waals surface area contributed by atoms with Gasteiger partial charge < -0.3 is 25.2 Å². The second kappa shape index (κ2) is 10.3. The number of fused-ring (bicyclic) bond motifs is 3. The fourth-order valence-electron chi connectivity index (χ4n) is 4.86. The number of carboxylic acids is 1. The molecule has 7 heteroatoms. The van der Waals surface area contributed by atoms with Gasteiger partial charge in [-0.2, -0.15) is 0 Å². The number of benzene rings is 2. The van der Waals surface area contributed by atoms with E-state index in [-0.39, 0.29) is 23.6 Å². The van der Waals surface area contributed by atoms with Crippen LogP contribution in [-0.2, 0) is 6.42 Å². The van der Waals surface area contributed by atoms with E-state index in [0.717, 1.165) is 19.3 Å². The number of phenols is 1. The minimum Gasteiger partial charge on any atom is -0.508 e. The average Bonchev–Trinajstić information content (AvgIpc) is 3.16. The van der Waals surface area contributed by atoms with Gasteiger partial charge >= 0.3 is 5.97 Å². The molecule has 0 unspecified atom stereocenters. The first-order chi connectivity index (χ1) is 17.5. The molecule has 0 saturated carbocycles. The molecular formula is C30H35NO6. The molecule has 1 aliphatic heterocycles. The van der Waals surface area contributed by atoms with E-state index < -0.39 is 17.7 Å². The van der Waals surface area contributed by atoms with Gasteiger partial charge in [0.25, 0.3) is 0 Å². The van der Waals surface area contributed by atoms with E-state index in [4.69, 9.17) is 4.74 Å². The van der Waals surface area contributed by atoms with Crippen LogP contribution >= 0.6 is 0 Å². The Morgan fingerprint density at radius 3 is 2.59 bits per heavy atom. The van der Waals surface area contributed by atoms with Crippen LogP contribution < -0.4 is 4.74 Å². The van der Waals surface area contributed by atoms with Gasteiger partial charge in [0.15, 0.2) is 0 Å². The summed E-state index contributed by atoms with van der Waals surface area (Å²) < 4.78 is 7.89. The molecule has 2 aromatic carbocycles. The highest BCUT2D eigenvalue weighted by atomic mass is 16.5. The van der Waals surface area contributed by atoms with E-state index in [1.807, 2.05) is 6.92 Å². The zero-order chi connectivity index (χ0) is 26.9. The maximum Gasteiger partial charge on any atom is 0.335 e. The van der Waals surface area contributed by atoms with Crippen LogP contribution in [0.4, 0.5) is 0 Å². The Kier molecular flexibility index (Phi) is 7.37. The number of nitrogens with zero attached hydrogens (tertiary/aromatic N) is 1. The summed E-state index contributed by atoms with van der Waals surface area (Å²) in [6.45, 7) is 8.17. The molecule has 4 N–H and O–H groups in total. The molecule has 4 rings (SSSR count). The van der Waals surface area contributed by atoms with Crippen LogP contribution in [0.25, 0.3) is 16.5 Å². The minimum absolute atomic E-state index is 0.0639. The summed E-state index contributed by atoms with van der Waals surface area (Å²) in [5, 5.41) is 43.0. The quantitative estimate of drug-likeness (QED) is 0.269. The SMILES string of the molecule is CC(C)=CCCC(C)=CCC[C@]1(C)Oc2c(c(O)cc3c(O)n(-c4cccc(C(=O)O)c4)cc23)C[C@@H]1O. The van der Waals surface area contributed by atoms with Crippen molar-refractivity contribution >= 4 is 16.7 Å². The summed E-state index contributed by atoms with van der Waals surface area (Å²) in [7, 11) is 0. The fourth-order valence-corrected chi connectivity index (χ4v) is 4.86. The maximum atomic E-state index is 11.4. The molecule has 0 bridgehead atoms. The summed E-state index contributed by atoms with van der Waals surface area (Å²) in [4.78, 5) is 11.4. The second-order valence-electron chi connectivity index (χ2n) is 10.4. The Morgan fingerprint density at radius 1 is 1.14 bits per heavy atom. The molecule has 0 spiro atoms. The third-order valence-electron chi connectivity index (χ3n) is 7.16. The van der Waals surface area contributed by atoms with E-state index >= 15 is 0 Å². The van der Waals surface area contributed by atoms with E-state index in [1.54, 1.807) is 18.3 Å². The van der Waals surface area contributed by atoms with Gasteiger partial charge in [-0.1, -0.05) is 29.4 Å². The van der Waals surface area contributed by atoms with Crippen molar-refractivity contribution in [2.75, 3.05) is 0 Å². The number of allylic oxidation sites excluding steroid dienone is 4. The van der Waals surface area contributed by atoms with Crippen LogP contribution in [0.2, 0.25) is 0 Å². The van der Waals surface area contributed by atoms with Crippen LogP contribution in [0, 0.1) is 0 Å². The van der Waals surface area contributed by atoms with E-state index in [2.05, 4.69) is 32.9 Å². The first-order valence-electron chi connectivity index (χ1n) is 12.6. The van der Waals surface area contributed by atoms with Crippen molar-refractivity contribution in [3.63, 3.8) is 0 Å². The highest BCUT2D eigenvalue weighted by Gasteiger charge is 2.41. The molecule has 196 valence electrons. The van der Waals surface area contributed by atoms with Gasteiger partial charge in [-0.3, -0.25) is 4.57 Å². The Hall–Kier alpha value is -3.71. The average molecular weight is 506 g/mol. The first kappa shape index (κ1) is 26.4. The Bertz CT molecular complexity index is 1390. The second-order valence-corrected chi connectivity index (χ2v) is 10.4. The molecule has 37 heavy (non-hydrogen) atoms. The summed E-state index contributed by atoms with van der Waals surface area (Å²) >= 11 is 0. The number of aromatic carboxylic acids is 1. The molecule has 1 aliphatic rings. The topological polar surface area (TPSA) is 112 Å². The summed E-state index contributed by atoms with van der Waals surface area (Å²) in [6, 6.07) is 7.70. The number of aromatic hydroxyl groups is 2. The number of carbonyl (C=O) groups is 1. The molecule has 1 aromatic heterocycles. The number of rotatable bonds is 8. The Balaban J connectivity index is 1.65. The highest BCUT2D eigenvalue weighted by molar-refractivity contribution is 5.96. The number of aromatic nitrogens is 1. The molecule has 7 nitrogen and oxygen atoms in total. The molecule has 2 atom stereocenters. The van der Waals surface area contributed by atoms with Crippen LogP contribution in [-0.4, -0.2) is 42.7 Å². The van der Waals surface area contributed by atoms with Crippen LogP contribution in [0.3, 0.4) is 0 Å². The number of carboxylic acid groups (broad SMARTS) is 1. The maximum absolute atomic E-state index is 11.4. The Labute approximate surface area is 216 Å². The van der Waals surface area contributed by atoms with E-state index in [9.17, 15) is 25.2 Å². The third-order valence-corrected chi connectivity index (χ3v) is 7.16. The van der Waals surface area contributed by atoms with E-state index in [0.29, 0.717) is 34.2 Å². The van der Waals surface area contributed by atoms with Gasteiger partial charge in [0.2, 0.25) is 5.88 Å². The van der Waals surface area contributed by atoms with Gasteiger partial charge in [0.1, 0.15) is 17.1 Å². The molecular weight excluding hydrogens is 470 g/mol. The molecule has 0 radical (unpaired) electrons. The van der Waals surface area contributed by atoms with Crippen molar-refractivity contribution in [2.24, 2.45) is 0 Å². The molecule has 0 amide bonds. The molecule has 2 heterocycles.